The van der Waals surface area contributed by atoms with Gasteiger partial charge in [0, 0.05) is 13.8 Å². The molecule has 0 aliphatic heterocycles. The zero-order valence-corrected chi connectivity index (χ0v) is 12.5. The van der Waals surface area contributed by atoms with Gasteiger partial charge in [-0.3, -0.25) is 4.79 Å². The van der Waals surface area contributed by atoms with Gasteiger partial charge in [-0.15, -0.1) is 0 Å². The van der Waals surface area contributed by atoms with Gasteiger partial charge in [0.2, 0.25) is 0 Å². The van der Waals surface area contributed by atoms with Crippen molar-refractivity contribution >= 4 is 13.8 Å². The van der Waals surface area contributed by atoms with E-state index in [2.05, 4.69) is 0 Å². The highest BCUT2D eigenvalue weighted by Gasteiger charge is 2.45. The largest absolute Gasteiger partial charge is 0.461 e. The van der Waals surface area contributed by atoms with Gasteiger partial charge in [-0.2, -0.15) is 0 Å². The van der Waals surface area contributed by atoms with Crippen LogP contribution in [0.2, 0.25) is 0 Å². The zero-order chi connectivity index (χ0) is 13.6. The predicted octanol–water partition coefficient (Wildman–Crippen LogP) is 3.17. The summed E-state index contributed by atoms with van der Waals surface area (Å²) in [6, 6.07) is 0. The van der Waals surface area contributed by atoms with Crippen LogP contribution in [0.5, 0.6) is 0 Å². The molecule has 2 unspecified atom stereocenters. The summed E-state index contributed by atoms with van der Waals surface area (Å²) in [7, 11) is -1.60. The van der Waals surface area contributed by atoms with E-state index in [9.17, 15) is 9.36 Å². The van der Waals surface area contributed by atoms with Crippen molar-refractivity contribution in [3.63, 3.8) is 0 Å². The van der Waals surface area contributed by atoms with Crippen LogP contribution in [0.25, 0.3) is 0 Å². The molecule has 5 heteroatoms. The second-order valence-corrected chi connectivity index (χ2v) is 7.83. The number of esters is 1. The molecule has 0 rings (SSSR count). The summed E-state index contributed by atoms with van der Waals surface area (Å²) in [5.41, 5.74) is 0. The van der Waals surface area contributed by atoms with Crippen molar-refractivity contribution in [3.05, 3.63) is 0 Å². The Morgan fingerprint density at radius 2 is 1.82 bits per heavy atom. The normalized spacial score (nSPS) is 14.6. The Hall–Kier alpha value is -0.470. The summed E-state index contributed by atoms with van der Waals surface area (Å²) in [6.45, 7) is 11.6. The molecule has 0 heterocycles. The molecule has 0 aliphatic carbocycles. The maximum atomic E-state index is 12.2. The predicted molar refractivity (Wildman–Crippen MR) is 68.6 cm³/mol. The van der Waals surface area contributed by atoms with Crippen molar-refractivity contribution < 1.29 is 18.8 Å². The second kappa shape index (κ2) is 7.07. The van der Waals surface area contributed by atoms with Gasteiger partial charge in [0.25, 0.3) is 5.85 Å². The van der Waals surface area contributed by atoms with E-state index in [1.807, 2.05) is 27.7 Å². The summed E-state index contributed by atoms with van der Waals surface area (Å²) in [5, 5.41) is -0.558. The lowest BCUT2D eigenvalue weighted by atomic mass is 10.2. The highest BCUT2D eigenvalue weighted by atomic mass is 31.1. The lowest BCUT2D eigenvalue weighted by molar-refractivity contribution is -0.141. The van der Waals surface area contributed by atoms with Crippen LogP contribution in [0.3, 0.4) is 0 Å². The molecule has 100 valence electrons. The van der Waals surface area contributed by atoms with Crippen molar-refractivity contribution in [1.82, 2.24) is 0 Å². The molecule has 0 aromatic rings. The number of rotatable bonds is 7. The van der Waals surface area contributed by atoms with Crippen LogP contribution in [-0.2, 0) is 18.8 Å². The monoisotopic (exact) mass is 263 g/mol. The van der Waals surface area contributed by atoms with Gasteiger partial charge in [-0.05, 0) is 19.8 Å². The summed E-state index contributed by atoms with van der Waals surface area (Å²) >= 11 is 0. The molecule has 17 heavy (non-hydrogen) atoms. The van der Waals surface area contributed by atoms with E-state index in [0.717, 1.165) is 0 Å². The van der Waals surface area contributed by atoms with Crippen LogP contribution in [0.4, 0.5) is 0 Å². The molecule has 0 radical (unpaired) electrons. The Morgan fingerprint density at radius 3 is 2.24 bits per heavy atom. The highest BCUT2D eigenvalue weighted by Crippen LogP contribution is 2.43. The van der Waals surface area contributed by atoms with E-state index in [-0.39, 0.29) is 18.4 Å². The van der Waals surface area contributed by atoms with Crippen molar-refractivity contribution in [2.45, 2.75) is 52.5 Å². The first kappa shape index (κ1) is 16.5. The van der Waals surface area contributed by atoms with Crippen LogP contribution < -0.4 is 0 Å². The first-order valence-electron chi connectivity index (χ1n) is 5.88. The van der Waals surface area contributed by atoms with E-state index in [0.29, 0.717) is 12.5 Å². The standard InChI is InChI=1S/C12H24O4P/c1-9(2)7-15-11(4)17(14)12(5,6)8-16-10(3)13/h9,11H,7-8H2,1-6H3/q+1. The van der Waals surface area contributed by atoms with Gasteiger partial charge in [-0.25, -0.2) is 0 Å². The van der Waals surface area contributed by atoms with Crippen molar-refractivity contribution in [3.8, 4) is 0 Å². The number of carbonyl (C=O) groups excluding carboxylic acids is 1. The Kier molecular flexibility index (Phi) is 6.88. The quantitative estimate of drug-likeness (QED) is 0.523. The fourth-order valence-corrected chi connectivity index (χ4v) is 2.63. The Labute approximate surface area is 105 Å². The number of carbonyl (C=O) groups is 1. The summed E-state index contributed by atoms with van der Waals surface area (Å²) in [4.78, 5) is 10.7. The molecule has 0 saturated heterocycles. The SMILES string of the molecule is CC(=O)OCC(C)(C)[P+](=O)C(C)OCC(C)C. The van der Waals surface area contributed by atoms with Gasteiger partial charge in [0.05, 0.1) is 6.61 Å². The van der Waals surface area contributed by atoms with Crippen LogP contribution in [0, 0.1) is 5.92 Å². The van der Waals surface area contributed by atoms with E-state index < -0.39 is 13.0 Å². The van der Waals surface area contributed by atoms with Gasteiger partial charge in [0.15, 0.2) is 5.16 Å². The van der Waals surface area contributed by atoms with Crippen LogP contribution in [-0.4, -0.2) is 30.2 Å². The van der Waals surface area contributed by atoms with Gasteiger partial charge >= 0.3 is 13.8 Å². The Balaban J connectivity index is 4.29. The van der Waals surface area contributed by atoms with Gasteiger partial charge in [0.1, 0.15) is 6.61 Å². The third-order valence-electron chi connectivity index (χ3n) is 2.23. The van der Waals surface area contributed by atoms with Crippen LogP contribution in [0.15, 0.2) is 0 Å². The molecule has 0 amide bonds. The highest BCUT2D eigenvalue weighted by molar-refractivity contribution is 7.47. The molecule has 2 atom stereocenters. The fourth-order valence-electron chi connectivity index (χ4n) is 1.23. The van der Waals surface area contributed by atoms with Crippen LogP contribution in [0.1, 0.15) is 41.5 Å². The molecule has 4 nitrogen and oxygen atoms in total. The first-order chi connectivity index (χ1) is 7.66. The summed E-state index contributed by atoms with van der Waals surface area (Å²) in [6.07, 6.45) is 0. The van der Waals surface area contributed by atoms with Gasteiger partial charge in [-0.1, -0.05) is 18.4 Å². The van der Waals surface area contributed by atoms with E-state index in [4.69, 9.17) is 9.47 Å². The third-order valence-corrected chi connectivity index (χ3v) is 4.36. The number of ether oxygens (including phenoxy) is 2. The number of hydrogen-bond acceptors (Lipinski definition) is 4. The molecular formula is C12H24O4P+. The maximum absolute atomic E-state index is 12.2. The average Bonchev–Trinajstić information content (AvgIpc) is 2.22. The molecule has 0 spiro atoms. The molecule has 0 saturated carbocycles. The molecule has 0 aromatic carbocycles. The molecule has 0 aromatic heterocycles. The van der Waals surface area contributed by atoms with Crippen LogP contribution >= 0.6 is 7.80 Å². The van der Waals surface area contributed by atoms with Crippen molar-refractivity contribution in [1.29, 1.82) is 0 Å². The Bertz CT molecular complexity index is 274. The molecule has 0 fully saturated rings. The van der Waals surface area contributed by atoms with E-state index >= 15 is 0 Å². The smallest absolute Gasteiger partial charge is 0.379 e. The lowest BCUT2D eigenvalue weighted by Gasteiger charge is -2.17. The minimum Gasteiger partial charge on any atom is -0.461 e. The van der Waals surface area contributed by atoms with Gasteiger partial charge < -0.3 is 9.47 Å². The molecule has 0 aliphatic rings. The molecule has 0 bridgehead atoms. The van der Waals surface area contributed by atoms with E-state index in [1.165, 1.54) is 6.92 Å². The van der Waals surface area contributed by atoms with Crippen molar-refractivity contribution in [2.75, 3.05) is 13.2 Å². The Morgan fingerprint density at radius 1 is 1.29 bits per heavy atom. The molecular weight excluding hydrogens is 239 g/mol. The number of hydrogen-bond donors (Lipinski definition) is 0. The second-order valence-electron chi connectivity index (χ2n) is 5.24. The first-order valence-corrected chi connectivity index (χ1v) is 7.21. The topological polar surface area (TPSA) is 52.6 Å². The fraction of sp³-hybridized carbons (Fsp3) is 0.917. The molecule has 0 N–H and O–H groups in total. The summed E-state index contributed by atoms with van der Waals surface area (Å²) < 4.78 is 22.7. The lowest BCUT2D eigenvalue weighted by Crippen LogP contribution is -2.28. The minimum atomic E-state index is -1.60. The van der Waals surface area contributed by atoms with Crippen molar-refractivity contribution in [2.24, 2.45) is 5.92 Å². The maximum Gasteiger partial charge on any atom is 0.379 e. The van der Waals surface area contributed by atoms with E-state index in [1.54, 1.807) is 6.92 Å². The summed E-state index contributed by atoms with van der Waals surface area (Å²) in [5.74, 6) is -0.257. The zero-order valence-electron chi connectivity index (χ0n) is 11.6. The minimum absolute atomic E-state index is 0.160. The average molecular weight is 263 g/mol. The third kappa shape index (κ3) is 6.75.